The molecule has 3 rings (SSSR count). The van der Waals surface area contributed by atoms with Crippen molar-refractivity contribution in [3.8, 4) is 0 Å². The molecule has 0 spiro atoms. The van der Waals surface area contributed by atoms with Crippen LogP contribution in [0.25, 0.3) is 0 Å². The Balaban J connectivity index is 1.64. The lowest BCUT2D eigenvalue weighted by Gasteiger charge is -2.22. The maximum absolute atomic E-state index is 12.8. The molecule has 186 valence electrons. The maximum atomic E-state index is 12.8. The lowest BCUT2D eigenvalue weighted by Crippen LogP contribution is -2.33. The first-order valence-corrected chi connectivity index (χ1v) is 13.0. The van der Waals surface area contributed by atoms with Crippen molar-refractivity contribution in [2.45, 2.75) is 44.8 Å². The third-order valence-corrected chi connectivity index (χ3v) is 7.23. The van der Waals surface area contributed by atoms with Gasteiger partial charge < -0.3 is 15.2 Å². The second-order valence-electron chi connectivity index (χ2n) is 8.84. The van der Waals surface area contributed by atoms with Gasteiger partial charge in [0.2, 0.25) is 5.91 Å². The summed E-state index contributed by atoms with van der Waals surface area (Å²) in [7, 11) is 1.82. The quantitative estimate of drug-likeness (QED) is 0.324. The van der Waals surface area contributed by atoms with E-state index in [2.05, 4.69) is 34.7 Å². The molecule has 35 heavy (non-hydrogen) atoms. The molecule has 0 aliphatic rings. The number of carbonyl (C=O) groups excluding carboxylic acids is 2. The summed E-state index contributed by atoms with van der Waals surface area (Å²) >= 11 is 13.3. The third kappa shape index (κ3) is 6.99. The molecule has 7 nitrogen and oxygen atoms in total. The number of amides is 2. The fourth-order valence-electron chi connectivity index (χ4n) is 3.39. The molecule has 1 aromatic heterocycles. The number of aromatic nitrogens is 3. The first-order valence-electron chi connectivity index (χ1n) is 11.2. The number of hydrogen-bond acceptors (Lipinski definition) is 5. The van der Waals surface area contributed by atoms with Crippen molar-refractivity contribution in [1.82, 2.24) is 20.1 Å². The van der Waals surface area contributed by atoms with Gasteiger partial charge in [0.05, 0.1) is 21.8 Å². The van der Waals surface area contributed by atoms with Crippen LogP contribution in [-0.4, -0.2) is 32.3 Å². The average Bonchev–Trinajstić information content (AvgIpc) is 3.17. The minimum absolute atomic E-state index is 0.0413. The number of nitrogens with one attached hydrogen (secondary N) is 2. The normalized spacial score (nSPS) is 12.1. The average molecular weight is 535 g/mol. The Morgan fingerprint density at radius 1 is 1.00 bits per heavy atom. The maximum Gasteiger partial charge on any atom is 0.251 e. The Morgan fingerprint density at radius 2 is 1.69 bits per heavy atom. The van der Waals surface area contributed by atoms with Crippen molar-refractivity contribution in [3.05, 3.63) is 69.5 Å². The summed E-state index contributed by atoms with van der Waals surface area (Å²) in [4.78, 5) is 25.3. The summed E-state index contributed by atoms with van der Waals surface area (Å²) in [6.45, 7) is 8.22. The molecule has 3 aromatic rings. The lowest BCUT2D eigenvalue weighted by molar-refractivity contribution is -0.113. The van der Waals surface area contributed by atoms with Gasteiger partial charge in [0.15, 0.2) is 11.0 Å². The van der Waals surface area contributed by atoms with Crippen LogP contribution in [0.15, 0.2) is 47.6 Å². The Hall–Kier alpha value is -2.55. The van der Waals surface area contributed by atoms with Crippen LogP contribution in [0.4, 0.5) is 5.69 Å². The molecule has 1 atom stereocenters. The molecule has 0 fully saturated rings. The van der Waals surface area contributed by atoms with Crippen LogP contribution in [0.5, 0.6) is 0 Å². The van der Waals surface area contributed by atoms with Crippen molar-refractivity contribution in [1.29, 1.82) is 0 Å². The number of thioether (sulfide) groups is 1. The topological polar surface area (TPSA) is 88.9 Å². The largest absolute Gasteiger partial charge is 0.342 e. The predicted octanol–water partition coefficient (Wildman–Crippen LogP) is 6.10. The van der Waals surface area contributed by atoms with E-state index in [4.69, 9.17) is 23.2 Å². The van der Waals surface area contributed by atoms with Crippen molar-refractivity contribution >= 4 is 52.5 Å². The summed E-state index contributed by atoms with van der Waals surface area (Å²) < 4.78 is 1.80. The number of nitrogens with zero attached hydrogens (tertiary/aromatic N) is 3. The molecule has 1 heterocycles. The fourth-order valence-corrected chi connectivity index (χ4v) is 4.41. The van der Waals surface area contributed by atoms with Crippen LogP contribution in [0, 0.1) is 5.92 Å². The van der Waals surface area contributed by atoms with Gasteiger partial charge in [0, 0.05) is 18.3 Å². The molecule has 0 unspecified atom stereocenters. The second kappa shape index (κ2) is 11.9. The van der Waals surface area contributed by atoms with Gasteiger partial charge in [0.1, 0.15) is 0 Å². The first-order chi connectivity index (χ1) is 16.6. The molecule has 0 saturated carbocycles. The molecule has 2 amide bonds. The monoisotopic (exact) mass is 533 g/mol. The van der Waals surface area contributed by atoms with Crippen LogP contribution >= 0.6 is 35.0 Å². The molecule has 0 aliphatic carbocycles. The molecule has 10 heteroatoms. The standard InChI is InChI=1S/C25H29Cl2N5O2S/c1-14(2)16-6-9-18(10-7-16)28-21(33)13-35-25-31-30-23(32(25)5)22(15(3)4)29-24(34)17-8-11-19(26)20(27)12-17/h6-12,14-15,22H,13H2,1-5H3,(H,28,33)(H,29,34)/t22-/m1/s1. The van der Waals surface area contributed by atoms with E-state index in [9.17, 15) is 9.59 Å². The van der Waals surface area contributed by atoms with Crippen LogP contribution in [-0.2, 0) is 11.8 Å². The highest BCUT2D eigenvalue weighted by atomic mass is 35.5. The molecule has 0 saturated heterocycles. The van der Waals surface area contributed by atoms with Gasteiger partial charge in [-0.15, -0.1) is 10.2 Å². The van der Waals surface area contributed by atoms with E-state index in [1.165, 1.54) is 23.4 Å². The zero-order chi connectivity index (χ0) is 25.7. The lowest BCUT2D eigenvalue weighted by atomic mass is 10.0. The summed E-state index contributed by atoms with van der Waals surface area (Å²) in [5.41, 5.74) is 2.37. The van der Waals surface area contributed by atoms with E-state index in [0.29, 0.717) is 32.5 Å². The van der Waals surface area contributed by atoms with E-state index < -0.39 is 6.04 Å². The first kappa shape index (κ1) is 27.0. The smallest absolute Gasteiger partial charge is 0.251 e. The summed E-state index contributed by atoms with van der Waals surface area (Å²) in [5, 5.41) is 15.7. The highest BCUT2D eigenvalue weighted by Crippen LogP contribution is 2.26. The van der Waals surface area contributed by atoms with Gasteiger partial charge in [0.25, 0.3) is 5.91 Å². The van der Waals surface area contributed by atoms with E-state index in [0.717, 1.165) is 5.69 Å². The third-order valence-electron chi connectivity index (χ3n) is 5.48. The van der Waals surface area contributed by atoms with Gasteiger partial charge in [-0.3, -0.25) is 9.59 Å². The summed E-state index contributed by atoms with van der Waals surface area (Å²) in [6, 6.07) is 12.2. The van der Waals surface area contributed by atoms with Gasteiger partial charge in [-0.2, -0.15) is 0 Å². The summed E-state index contributed by atoms with van der Waals surface area (Å²) in [6.07, 6.45) is 0. The van der Waals surface area contributed by atoms with Gasteiger partial charge in [-0.25, -0.2) is 0 Å². The van der Waals surface area contributed by atoms with Crippen molar-refractivity contribution in [2.75, 3.05) is 11.1 Å². The van der Waals surface area contributed by atoms with E-state index in [-0.39, 0.29) is 23.5 Å². The Bertz CT molecular complexity index is 1200. The molecule has 0 radical (unpaired) electrons. The molecule has 2 N–H and O–H groups in total. The van der Waals surface area contributed by atoms with Crippen LogP contribution in [0.3, 0.4) is 0 Å². The molecule has 0 bridgehead atoms. The van der Waals surface area contributed by atoms with E-state index in [1.54, 1.807) is 16.7 Å². The SMILES string of the molecule is CC(C)c1ccc(NC(=O)CSc2nnc([C@H](NC(=O)c3ccc(Cl)c(Cl)c3)C(C)C)n2C)cc1. The molecular weight excluding hydrogens is 505 g/mol. The van der Waals surface area contributed by atoms with Crippen LogP contribution in [0.1, 0.15) is 61.4 Å². The van der Waals surface area contributed by atoms with Crippen molar-refractivity contribution < 1.29 is 9.59 Å². The van der Waals surface area contributed by atoms with E-state index >= 15 is 0 Å². The fraction of sp³-hybridized carbons (Fsp3) is 0.360. The Kier molecular flexibility index (Phi) is 9.21. The van der Waals surface area contributed by atoms with Gasteiger partial charge in [-0.05, 0) is 47.7 Å². The second-order valence-corrected chi connectivity index (χ2v) is 10.6. The number of rotatable bonds is 9. The number of halogens is 2. The predicted molar refractivity (Wildman–Crippen MR) is 142 cm³/mol. The zero-order valence-corrected chi connectivity index (χ0v) is 22.6. The van der Waals surface area contributed by atoms with E-state index in [1.807, 2.05) is 45.2 Å². The van der Waals surface area contributed by atoms with Crippen molar-refractivity contribution in [2.24, 2.45) is 13.0 Å². The van der Waals surface area contributed by atoms with Gasteiger partial charge in [-0.1, -0.05) is 74.8 Å². The number of hydrogen-bond donors (Lipinski definition) is 2. The molecule has 2 aromatic carbocycles. The van der Waals surface area contributed by atoms with Crippen LogP contribution < -0.4 is 10.6 Å². The number of anilines is 1. The Labute approximate surface area is 220 Å². The minimum atomic E-state index is -0.392. The van der Waals surface area contributed by atoms with Crippen molar-refractivity contribution in [3.63, 3.8) is 0 Å². The summed E-state index contributed by atoms with van der Waals surface area (Å²) in [5.74, 6) is 0.830. The zero-order valence-electron chi connectivity index (χ0n) is 20.3. The highest BCUT2D eigenvalue weighted by Gasteiger charge is 2.25. The highest BCUT2D eigenvalue weighted by molar-refractivity contribution is 7.99. The Morgan fingerprint density at radius 3 is 2.29 bits per heavy atom. The van der Waals surface area contributed by atoms with Crippen LogP contribution in [0.2, 0.25) is 10.0 Å². The number of benzene rings is 2. The molecule has 0 aliphatic heterocycles. The molecular formula is C25H29Cl2N5O2S. The number of carbonyl (C=O) groups is 2. The minimum Gasteiger partial charge on any atom is -0.342 e. The van der Waals surface area contributed by atoms with Gasteiger partial charge >= 0.3 is 0 Å².